The van der Waals surface area contributed by atoms with E-state index in [2.05, 4.69) is 5.32 Å². The van der Waals surface area contributed by atoms with Gasteiger partial charge in [0.1, 0.15) is 0 Å². The van der Waals surface area contributed by atoms with Gasteiger partial charge in [-0.1, -0.05) is 6.07 Å². The Kier molecular flexibility index (Phi) is 3.41. The van der Waals surface area contributed by atoms with Gasteiger partial charge in [0.05, 0.1) is 7.11 Å². The molecule has 0 bridgehead atoms. The van der Waals surface area contributed by atoms with Gasteiger partial charge in [-0.2, -0.15) is 0 Å². The van der Waals surface area contributed by atoms with E-state index in [1.807, 2.05) is 0 Å². The van der Waals surface area contributed by atoms with Crippen molar-refractivity contribution in [1.29, 1.82) is 0 Å². The predicted molar refractivity (Wildman–Crippen MR) is 60.9 cm³/mol. The molecule has 0 amide bonds. The molecule has 88 valence electrons. The van der Waals surface area contributed by atoms with Crippen LogP contribution in [-0.4, -0.2) is 19.7 Å². The van der Waals surface area contributed by atoms with E-state index in [9.17, 15) is 4.39 Å². The lowest BCUT2D eigenvalue weighted by Crippen LogP contribution is -2.38. The van der Waals surface area contributed by atoms with Crippen LogP contribution in [0.4, 0.5) is 4.39 Å². The molecule has 1 saturated heterocycles. The van der Waals surface area contributed by atoms with Crippen LogP contribution in [0.3, 0.4) is 0 Å². The van der Waals surface area contributed by atoms with Gasteiger partial charge in [0, 0.05) is 12.1 Å². The molecule has 4 heteroatoms. The van der Waals surface area contributed by atoms with E-state index in [4.69, 9.17) is 10.5 Å². The first-order valence-electron chi connectivity index (χ1n) is 5.53. The van der Waals surface area contributed by atoms with E-state index in [0.717, 1.165) is 24.9 Å². The molecule has 1 aliphatic rings. The van der Waals surface area contributed by atoms with Crippen LogP contribution < -0.4 is 15.8 Å². The Bertz CT molecular complexity index is 370. The molecular weight excluding hydrogens is 207 g/mol. The molecule has 0 saturated carbocycles. The molecule has 2 atom stereocenters. The first-order valence-corrected chi connectivity index (χ1v) is 5.53. The molecule has 1 aromatic rings. The van der Waals surface area contributed by atoms with Gasteiger partial charge in [-0.3, -0.25) is 0 Å². The van der Waals surface area contributed by atoms with Crippen LogP contribution in [0.25, 0.3) is 0 Å². The summed E-state index contributed by atoms with van der Waals surface area (Å²) in [6, 6.07) is 5.40. The van der Waals surface area contributed by atoms with Crippen molar-refractivity contribution >= 4 is 0 Å². The van der Waals surface area contributed by atoms with E-state index in [0.29, 0.717) is 5.75 Å². The van der Waals surface area contributed by atoms with E-state index in [1.165, 1.54) is 13.2 Å². The van der Waals surface area contributed by atoms with Crippen molar-refractivity contribution in [2.24, 2.45) is 5.73 Å². The lowest BCUT2D eigenvalue weighted by molar-refractivity contribution is 0.362. The minimum atomic E-state index is -0.327. The Morgan fingerprint density at radius 2 is 2.31 bits per heavy atom. The van der Waals surface area contributed by atoms with E-state index in [1.54, 1.807) is 12.1 Å². The third kappa shape index (κ3) is 2.33. The molecule has 3 N–H and O–H groups in total. The van der Waals surface area contributed by atoms with Crippen LogP contribution in [0.2, 0.25) is 0 Å². The second-order valence-electron chi connectivity index (χ2n) is 4.19. The number of benzene rings is 1. The molecule has 1 heterocycles. The fourth-order valence-electron chi connectivity index (χ4n) is 2.09. The summed E-state index contributed by atoms with van der Waals surface area (Å²) in [5.41, 5.74) is 6.95. The third-order valence-corrected chi connectivity index (χ3v) is 3.02. The molecule has 16 heavy (non-hydrogen) atoms. The van der Waals surface area contributed by atoms with Gasteiger partial charge < -0.3 is 15.8 Å². The van der Waals surface area contributed by atoms with Gasteiger partial charge in [0.2, 0.25) is 0 Å². The summed E-state index contributed by atoms with van der Waals surface area (Å²) >= 11 is 0. The molecular formula is C12H17FN2O. The number of rotatable bonds is 2. The average molecular weight is 224 g/mol. The Morgan fingerprint density at radius 3 is 3.00 bits per heavy atom. The molecule has 1 aliphatic heterocycles. The SMILES string of the molecule is COc1cc(C2CC(N)CCN2)ccc1F. The van der Waals surface area contributed by atoms with Gasteiger partial charge in [-0.25, -0.2) is 4.39 Å². The van der Waals surface area contributed by atoms with Crippen molar-refractivity contribution in [2.75, 3.05) is 13.7 Å². The number of nitrogens with two attached hydrogens (primary N) is 1. The zero-order valence-corrected chi connectivity index (χ0v) is 9.37. The van der Waals surface area contributed by atoms with Crippen molar-refractivity contribution in [3.63, 3.8) is 0 Å². The average Bonchev–Trinajstić information content (AvgIpc) is 2.29. The van der Waals surface area contributed by atoms with Crippen molar-refractivity contribution in [3.8, 4) is 5.75 Å². The Labute approximate surface area is 94.8 Å². The van der Waals surface area contributed by atoms with Gasteiger partial charge in [0.25, 0.3) is 0 Å². The molecule has 0 aliphatic carbocycles. The smallest absolute Gasteiger partial charge is 0.165 e. The quantitative estimate of drug-likeness (QED) is 0.802. The molecule has 0 radical (unpaired) electrons. The number of ether oxygens (including phenoxy) is 1. The Morgan fingerprint density at radius 1 is 1.50 bits per heavy atom. The highest BCUT2D eigenvalue weighted by Crippen LogP contribution is 2.27. The summed E-state index contributed by atoms with van der Waals surface area (Å²) < 4.78 is 18.2. The lowest BCUT2D eigenvalue weighted by Gasteiger charge is -2.28. The van der Waals surface area contributed by atoms with Crippen molar-refractivity contribution in [3.05, 3.63) is 29.6 Å². The van der Waals surface area contributed by atoms with E-state index >= 15 is 0 Å². The maximum absolute atomic E-state index is 13.2. The van der Waals surface area contributed by atoms with Crippen molar-refractivity contribution in [2.45, 2.75) is 24.9 Å². The highest BCUT2D eigenvalue weighted by atomic mass is 19.1. The molecule has 2 rings (SSSR count). The summed E-state index contributed by atoms with van der Waals surface area (Å²) in [7, 11) is 1.47. The van der Waals surface area contributed by atoms with Crippen LogP contribution in [-0.2, 0) is 0 Å². The molecule has 1 fully saturated rings. The normalized spacial score (nSPS) is 25.4. The summed E-state index contributed by atoms with van der Waals surface area (Å²) in [4.78, 5) is 0. The minimum Gasteiger partial charge on any atom is -0.494 e. The summed E-state index contributed by atoms with van der Waals surface area (Å²) in [6.07, 6.45) is 1.88. The number of hydrogen-bond donors (Lipinski definition) is 2. The minimum absolute atomic E-state index is 0.207. The Balaban J connectivity index is 2.19. The van der Waals surface area contributed by atoms with Gasteiger partial charge in [-0.15, -0.1) is 0 Å². The standard InChI is InChI=1S/C12H17FN2O/c1-16-12-6-8(2-3-10(12)13)11-7-9(14)4-5-15-11/h2-3,6,9,11,15H,4-5,7,14H2,1H3. The number of nitrogens with one attached hydrogen (secondary N) is 1. The maximum Gasteiger partial charge on any atom is 0.165 e. The number of halogens is 1. The van der Waals surface area contributed by atoms with Crippen LogP contribution in [0.5, 0.6) is 5.75 Å². The molecule has 2 unspecified atom stereocenters. The first kappa shape index (κ1) is 11.4. The third-order valence-electron chi connectivity index (χ3n) is 3.02. The number of hydrogen-bond acceptors (Lipinski definition) is 3. The highest BCUT2D eigenvalue weighted by molar-refractivity contribution is 5.32. The molecule has 0 aromatic heterocycles. The highest BCUT2D eigenvalue weighted by Gasteiger charge is 2.20. The molecule has 0 spiro atoms. The number of piperidine rings is 1. The van der Waals surface area contributed by atoms with Crippen molar-refractivity contribution in [1.82, 2.24) is 5.32 Å². The van der Waals surface area contributed by atoms with Crippen molar-refractivity contribution < 1.29 is 9.13 Å². The predicted octanol–water partition coefficient (Wildman–Crippen LogP) is 1.59. The van der Waals surface area contributed by atoms with Gasteiger partial charge in [0.15, 0.2) is 11.6 Å². The second-order valence-corrected chi connectivity index (χ2v) is 4.19. The maximum atomic E-state index is 13.2. The fraction of sp³-hybridized carbons (Fsp3) is 0.500. The zero-order valence-electron chi connectivity index (χ0n) is 9.37. The summed E-state index contributed by atoms with van der Waals surface area (Å²) in [6.45, 7) is 0.908. The fourth-order valence-corrected chi connectivity index (χ4v) is 2.09. The zero-order chi connectivity index (χ0) is 11.5. The monoisotopic (exact) mass is 224 g/mol. The van der Waals surface area contributed by atoms with Crippen LogP contribution >= 0.6 is 0 Å². The lowest BCUT2D eigenvalue weighted by atomic mass is 9.94. The topological polar surface area (TPSA) is 47.3 Å². The molecule has 1 aromatic carbocycles. The van der Waals surface area contributed by atoms with Crippen LogP contribution in [0.15, 0.2) is 18.2 Å². The Hall–Kier alpha value is -1.13. The number of methoxy groups -OCH3 is 1. The summed E-state index contributed by atoms with van der Waals surface area (Å²) in [5, 5.41) is 3.38. The van der Waals surface area contributed by atoms with Crippen LogP contribution in [0.1, 0.15) is 24.4 Å². The first-order chi connectivity index (χ1) is 7.70. The van der Waals surface area contributed by atoms with E-state index < -0.39 is 0 Å². The van der Waals surface area contributed by atoms with Gasteiger partial charge in [-0.05, 0) is 37.1 Å². The second kappa shape index (κ2) is 4.80. The van der Waals surface area contributed by atoms with E-state index in [-0.39, 0.29) is 17.9 Å². The van der Waals surface area contributed by atoms with Crippen LogP contribution in [0, 0.1) is 5.82 Å². The van der Waals surface area contributed by atoms with Gasteiger partial charge >= 0.3 is 0 Å². The largest absolute Gasteiger partial charge is 0.494 e. The summed E-state index contributed by atoms with van der Waals surface area (Å²) in [5.74, 6) is -0.0372. The molecule has 3 nitrogen and oxygen atoms in total.